The third kappa shape index (κ3) is 2.88. The number of hydrogen-bond donors (Lipinski definition) is 2. The average Bonchev–Trinajstić information content (AvgIpc) is 2.87. The molecule has 21 heavy (non-hydrogen) atoms. The van der Waals surface area contributed by atoms with Crippen molar-refractivity contribution in [3.05, 3.63) is 49.9 Å². The minimum atomic E-state index is -0.306. The number of aryl methyl sites for hydroxylation is 1. The minimum Gasteiger partial charge on any atom is -0.326 e. The van der Waals surface area contributed by atoms with Crippen LogP contribution in [0.4, 0.5) is 10.1 Å². The first-order chi connectivity index (χ1) is 10.1. The van der Waals surface area contributed by atoms with Gasteiger partial charge in [0, 0.05) is 22.5 Å². The van der Waals surface area contributed by atoms with Gasteiger partial charge in [-0.3, -0.25) is 4.79 Å². The van der Waals surface area contributed by atoms with Crippen molar-refractivity contribution in [3.63, 3.8) is 0 Å². The lowest BCUT2D eigenvalue weighted by atomic mass is 9.96. The predicted molar refractivity (Wildman–Crippen MR) is 86.3 cm³/mol. The smallest absolute Gasteiger partial charge is 0.224 e. The summed E-state index contributed by atoms with van der Waals surface area (Å²) in [6.07, 6.45) is 1.10. The minimum absolute atomic E-state index is 0.0537. The molecule has 2 heterocycles. The molecule has 0 saturated heterocycles. The van der Waals surface area contributed by atoms with Gasteiger partial charge in [0.25, 0.3) is 0 Å². The lowest BCUT2D eigenvalue weighted by molar-refractivity contribution is -0.116. The molecular formula is C15H14BrFN2OS. The molecule has 2 aromatic rings. The van der Waals surface area contributed by atoms with E-state index in [0.29, 0.717) is 24.1 Å². The normalized spacial score (nSPS) is 15.5. The topological polar surface area (TPSA) is 41.1 Å². The number of rotatable bonds is 3. The molecule has 1 amide bonds. The average molecular weight is 369 g/mol. The Balaban J connectivity index is 2.03. The molecule has 0 fully saturated rings. The summed E-state index contributed by atoms with van der Waals surface area (Å²) in [6, 6.07) is 7.04. The van der Waals surface area contributed by atoms with Gasteiger partial charge in [0.05, 0.1) is 9.83 Å². The number of nitrogens with one attached hydrogen (secondary N) is 2. The van der Waals surface area contributed by atoms with Crippen molar-refractivity contribution >= 4 is 38.9 Å². The molecule has 3 rings (SSSR count). The fraction of sp³-hybridized carbons (Fsp3) is 0.267. The Morgan fingerprint density at radius 2 is 2.19 bits per heavy atom. The highest BCUT2D eigenvalue weighted by atomic mass is 79.9. The van der Waals surface area contributed by atoms with E-state index >= 15 is 0 Å². The Kier molecular flexibility index (Phi) is 4.10. The van der Waals surface area contributed by atoms with Crippen LogP contribution in [0.3, 0.4) is 0 Å². The number of hydrogen-bond acceptors (Lipinski definition) is 3. The van der Waals surface area contributed by atoms with Gasteiger partial charge in [-0.1, -0.05) is 0 Å². The molecule has 3 nitrogen and oxygen atoms in total. The number of thiophene rings is 1. The monoisotopic (exact) mass is 368 g/mol. The number of anilines is 1. The molecule has 1 atom stereocenters. The van der Waals surface area contributed by atoms with E-state index in [-0.39, 0.29) is 17.8 Å². The Labute approximate surface area is 134 Å². The van der Waals surface area contributed by atoms with Crippen LogP contribution >= 0.6 is 27.3 Å². The Morgan fingerprint density at radius 3 is 2.86 bits per heavy atom. The molecule has 0 radical (unpaired) electrons. The zero-order chi connectivity index (χ0) is 15.0. The van der Waals surface area contributed by atoms with Crippen molar-refractivity contribution in [2.75, 3.05) is 12.4 Å². The number of amides is 1. The van der Waals surface area contributed by atoms with Gasteiger partial charge >= 0.3 is 0 Å². The van der Waals surface area contributed by atoms with Crippen molar-refractivity contribution in [2.45, 2.75) is 18.9 Å². The highest BCUT2D eigenvalue weighted by molar-refractivity contribution is 9.11. The molecule has 6 heteroatoms. The number of halogens is 2. The Bertz CT molecular complexity index is 701. The lowest BCUT2D eigenvalue weighted by Crippen LogP contribution is -2.22. The largest absolute Gasteiger partial charge is 0.326 e. The van der Waals surface area contributed by atoms with Gasteiger partial charge in [0.15, 0.2) is 0 Å². The van der Waals surface area contributed by atoms with Crippen molar-refractivity contribution < 1.29 is 9.18 Å². The maximum atomic E-state index is 14.4. The first kappa shape index (κ1) is 14.7. The molecule has 1 aliphatic heterocycles. The molecule has 0 aliphatic carbocycles. The van der Waals surface area contributed by atoms with E-state index in [9.17, 15) is 9.18 Å². The molecule has 1 aromatic heterocycles. The van der Waals surface area contributed by atoms with Crippen molar-refractivity contribution in [1.29, 1.82) is 0 Å². The van der Waals surface area contributed by atoms with Gasteiger partial charge in [-0.2, -0.15) is 0 Å². The second-order valence-corrected chi connectivity index (χ2v) is 7.44. The van der Waals surface area contributed by atoms with Crippen LogP contribution in [0.15, 0.2) is 28.1 Å². The van der Waals surface area contributed by atoms with E-state index in [1.54, 1.807) is 11.3 Å². The molecule has 0 bridgehead atoms. The highest BCUT2D eigenvalue weighted by Crippen LogP contribution is 2.35. The van der Waals surface area contributed by atoms with E-state index in [2.05, 4.69) is 26.6 Å². The maximum absolute atomic E-state index is 14.4. The Hall–Kier alpha value is -1.24. The van der Waals surface area contributed by atoms with E-state index in [1.807, 2.05) is 25.2 Å². The maximum Gasteiger partial charge on any atom is 0.224 e. The summed E-state index contributed by atoms with van der Waals surface area (Å²) in [4.78, 5) is 12.4. The first-order valence-electron chi connectivity index (χ1n) is 6.63. The van der Waals surface area contributed by atoms with Crippen LogP contribution in [-0.4, -0.2) is 13.0 Å². The van der Waals surface area contributed by atoms with Crippen LogP contribution in [0.1, 0.15) is 28.5 Å². The van der Waals surface area contributed by atoms with E-state index in [1.165, 1.54) is 6.07 Å². The zero-order valence-corrected chi connectivity index (χ0v) is 13.8. The SMILES string of the molecule is CNC(c1ccc(Br)s1)c1cc2c(cc1F)NC(=O)CC2. The second-order valence-electron chi connectivity index (χ2n) is 4.94. The number of carbonyl (C=O) groups is 1. The van der Waals surface area contributed by atoms with Crippen molar-refractivity contribution in [1.82, 2.24) is 5.32 Å². The summed E-state index contributed by atoms with van der Waals surface area (Å²) < 4.78 is 15.5. The van der Waals surface area contributed by atoms with Gasteiger partial charge in [-0.15, -0.1) is 11.3 Å². The van der Waals surface area contributed by atoms with Crippen molar-refractivity contribution in [3.8, 4) is 0 Å². The summed E-state index contributed by atoms with van der Waals surface area (Å²) in [7, 11) is 1.82. The number of fused-ring (bicyclic) bond motifs is 1. The predicted octanol–water partition coefficient (Wildman–Crippen LogP) is 3.84. The highest BCUT2D eigenvalue weighted by Gasteiger charge is 2.23. The third-order valence-corrected chi connectivity index (χ3v) is 5.28. The van der Waals surface area contributed by atoms with Crippen LogP contribution < -0.4 is 10.6 Å². The van der Waals surface area contributed by atoms with Gasteiger partial charge in [-0.25, -0.2) is 4.39 Å². The zero-order valence-electron chi connectivity index (χ0n) is 11.4. The fourth-order valence-corrected chi connectivity index (χ4v) is 4.13. The van der Waals surface area contributed by atoms with Gasteiger partial charge in [0.2, 0.25) is 5.91 Å². The summed E-state index contributed by atoms with van der Waals surface area (Å²) in [6.45, 7) is 0. The van der Waals surface area contributed by atoms with Gasteiger partial charge in [0.1, 0.15) is 5.82 Å². The third-order valence-electron chi connectivity index (χ3n) is 3.60. The molecule has 1 aliphatic rings. The summed E-state index contributed by atoms with van der Waals surface area (Å²) in [5, 5.41) is 5.89. The molecule has 2 N–H and O–H groups in total. The van der Waals surface area contributed by atoms with Crippen molar-refractivity contribution in [2.24, 2.45) is 0 Å². The van der Waals surface area contributed by atoms with Gasteiger partial charge in [-0.05, 0) is 59.2 Å². The second kappa shape index (κ2) is 5.87. The molecule has 0 spiro atoms. The van der Waals surface area contributed by atoms with E-state index in [4.69, 9.17) is 0 Å². The standard InChI is InChI=1S/C15H14BrFN2OS/c1-18-15(12-3-4-13(16)21-12)9-6-8-2-5-14(20)19-11(8)7-10(9)17/h3-4,6-7,15,18H,2,5H2,1H3,(H,19,20). The van der Waals surface area contributed by atoms with E-state index in [0.717, 1.165) is 14.2 Å². The number of benzene rings is 1. The number of carbonyl (C=O) groups excluding carboxylic acids is 1. The van der Waals surface area contributed by atoms with Gasteiger partial charge < -0.3 is 10.6 Å². The summed E-state index contributed by atoms with van der Waals surface area (Å²) >= 11 is 5.02. The summed E-state index contributed by atoms with van der Waals surface area (Å²) in [5.74, 6) is -0.359. The van der Waals surface area contributed by atoms with Crippen LogP contribution in [0.25, 0.3) is 0 Å². The quantitative estimate of drug-likeness (QED) is 0.863. The van der Waals surface area contributed by atoms with Crippen LogP contribution in [0, 0.1) is 5.82 Å². The van der Waals surface area contributed by atoms with Crippen LogP contribution in [0.2, 0.25) is 0 Å². The molecular weight excluding hydrogens is 355 g/mol. The Morgan fingerprint density at radius 1 is 1.38 bits per heavy atom. The molecule has 0 saturated carbocycles. The van der Waals surface area contributed by atoms with E-state index < -0.39 is 0 Å². The first-order valence-corrected chi connectivity index (χ1v) is 8.24. The molecule has 1 aromatic carbocycles. The fourth-order valence-electron chi connectivity index (χ4n) is 2.58. The molecule has 110 valence electrons. The van der Waals surface area contributed by atoms with Crippen LogP contribution in [-0.2, 0) is 11.2 Å². The molecule has 1 unspecified atom stereocenters. The van der Waals surface area contributed by atoms with Crippen LogP contribution in [0.5, 0.6) is 0 Å². The summed E-state index contributed by atoms with van der Waals surface area (Å²) in [5.41, 5.74) is 2.19. The lowest BCUT2D eigenvalue weighted by Gasteiger charge is -2.22.